The van der Waals surface area contributed by atoms with Gasteiger partial charge in [0.2, 0.25) is 0 Å². The molecule has 0 saturated heterocycles. The number of rotatable bonds is 1. The largest absolute Gasteiger partial charge is 0.396 e. The van der Waals surface area contributed by atoms with Crippen LogP contribution >= 0.6 is 522 Å². The van der Waals surface area contributed by atoms with E-state index in [0.717, 1.165) is 0 Å². The van der Waals surface area contributed by atoms with Crippen molar-refractivity contribution in [3.8, 4) is 0 Å². The zero-order valence-corrected chi connectivity index (χ0v) is 61.5. The van der Waals surface area contributed by atoms with Gasteiger partial charge in [0.25, 0.3) is 0 Å². The Morgan fingerprint density at radius 1 is 0.190 bits per heavy atom. The molecule has 0 unspecified atom stereocenters. The molecule has 0 radical (unpaired) electrons. The third-order valence-electron chi connectivity index (χ3n) is 0.395. The van der Waals surface area contributed by atoms with Crippen LogP contribution in [0.2, 0.25) is 0 Å². The molecule has 46 heteroatoms. The van der Waals surface area contributed by atoms with Crippen molar-refractivity contribution in [1.29, 1.82) is 0 Å². The number of alkyl halides is 45. The second kappa shape index (κ2) is 103. The Morgan fingerprint density at radius 2 is 0.238 bits per heavy atom. The molecule has 63 heavy (non-hydrogen) atoms. The van der Waals surface area contributed by atoms with Crippen LogP contribution in [0.5, 0.6) is 0 Å². The number of hydrogen-bond acceptors (Lipinski definition) is 1. The summed E-state index contributed by atoms with van der Waals surface area (Å²) in [5, 5.41) is 8.15. The lowest BCUT2D eigenvalue weighted by Crippen LogP contribution is -2.03. The first-order valence-corrected chi connectivity index (χ1v) is 30.4. The minimum atomic E-state index is -1.28. The monoisotopic (exact) mass is 1810 g/mol. The van der Waals surface area contributed by atoms with Crippen molar-refractivity contribution >= 4 is 522 Å². The molecule has 1 nitrogen and oxygen atoms in total. The lowest BCUT2D eigenvalue weighted by Gasteiger charge is -2.05. The molecule has 0 saturated carbocycles. The van der Waals surface area contributed by atoms with Crippen molar-refractivity contribution in [2.45, 2.75) is 70.3 Å². The molecule has 0 aliphatic heterocycles. The summed E-state index contributed by atoms with van der Waals surface area (Å²) in [7, 11) is 0. The summed E-state index contributed by atoms with van der Waals surface area (Å²) in [4.78, 5) is 0. The summed E-state index contributed by atoms with van der Waals surface area (Å²) in [6, 6.07) is 0. The Bertz CT molecular complexity index is 388. The van der Waals surface area contributed by atoms with Gasteiger partial charge in [0.15, 0.2) is 63.9 Å². The molecular formula is C17H19Cl45O. The van der Waals surface area contributed by atoms with E-state index in [9.17, 15) is 0 Å². The van der Waals surface area contributed by atoms with Gasteiger partial charge in [0.05, 0.1) is 0 Å². The molecule has 0 amide bonds. The Hall–Kier alpha value is 13.0. The number of aliphatic hydroxyl groups excluding tert-OH is 1. The van der Waals surface area contributed by atoms with Crippen LogP contribution in [0.25, 0.3) is 0 Å². The lowest BCUT2D eigenvalue weighted by atomic mass is 10.5. The van der Waals surface area contributed by atoms with Gasteiger partial charge in [-0.2, -0.15) is 0 Å². The highest BCUT2D eigenvalue weighted by atomic mass is 35.6. The maximum atomic E-state index is 8.15. The van der Waals surface area contributed by atoms with E-state index in [1.807, 2.05) is 0 Å². The first-order chi connectivity index (χ1) is 27.3. The summed E-state index contributed by atoms with van der Waals surface area (Å²) >= 11 is 217. The average molecular weight is 1830 g/mol. The molecule has 0 aliphatic rings. The van der Waals surface area contributed by atoms with Crippen LogP contribution in [0.1, 0.15) is 6.42 Å². The van der Waals surface area contributed by atoms with Gasteiger partial charge in [-0.25, -0.2) is 0 Å². The molecular weight excluding hydrogens is 1820 g/mol. The smallest absolute Gasteiger partial charge is 0.192 e. The third kappa shape index (κ3) is 1380. The van der Waals surface area contributed by atoms with Crippen LogP contribution in [-0.2, 0) is 0 Å². The second-order valence-electron chi connectivity index (χ2n) is 4.55. The van der Waals surface area contributed by atoms with Crippen LogP contribution in [0.15, 0.2) is 0 Å². The molecule has 1 N–H and O–H groups in total. The molecule has 0 aromatic heterocycles. The summed E-state index contributed by atoms with van der Waals surface area (Å²) in [6.45, 7) is -0.0868. The molecule has 408 valence electrons. The summed E-state index contributed by atoms with van der Waals surface area (Å²) in [5.74, 6) is 0. The Morgan fingerprint density at radius 3 is 0.238 bits per heavy atom. The van der Waals surface area contributed by atoms with Crippen molar-refractivity contribution in [3.05, 3.63) is 0 Å². The van der Waals surface area contributed by atoms with Crippen LogP contribution in [0.4, 0.5) is 0 Å². The van der Waals surface area contributed by atoms with Gasteiger partial charge in [-0.3, -0.25) is 0 Å². The molecule has 0 spiro atoms. The van der Waals surface area contributed by atoms with Crippen LogP contribution < -0.4 is 0 Å². The second-order valence-corrected chi connectivity index (χ2v) is 34.8. The lowest BCUT2D eigenvalue weighted by molar-refractivity contribution is 0.290. The van der Waals surface area contributed by atoms with Gasteiger partial charge in [-0.1, -0.05) is 522 Å². The molecule has 0 rings (SSSR count). The Labute approximate surface area is 593 Å². The fourth-order valence-electron chi connectivity index (χ4n) is 0.127. The molecule has 0 aromatic carbocycles. The van der Waals surface area contributed by atoms with Crippen LogP contribution in [0, 0.1) is 0 Å². The zero-order chi connectivity index (χ0) is 56.0. The topological polar surface area (TPSA) is 20.2 Å². The maximum Gasteiger partial charge on any atom is 0.192 e. The van der Waals surface area contributed by atoms with E-state index in [-0.39, 0.29) is 13.0 Å². The molecule has 0 aliphatic carbocycles. The van der Waals surface area contributed by atoms with Gasteiger partial charge in [-0.05, 0) is 0 Å². The highest BCUT2D eigenvalue weighted by Crippen LogP contribution is 2.29. The van der Waals surface area contributed by atoms with Crippen LogP contribution in [0.3, 0.4) is 0 Å². The Kier molecular flexibility index (Phi) is 189. The van der Waals surface area contributed by atoms with Gasteiger partial charge in [-0.15, -0.1) is 0 Å². The van der Waals surface area contributed by atoms with Crippen molar-refractivity contribution in [2.75, 3.05) is 6.61 Å². The Balaban J connectivity index is -0.0000000302. The van der Waals surface area contributed by atoms with Gasteiger partial charge < -0.3 is 5.11 Å². The quantitative estimate of drug-likeness (QED) is 0.260. The first kappa shape index (κ1) is 115. The van der Waals surface area contributed by atoms with E-state index in [4.69, 9.17) is 527 Å². The average Bonchev–Trinajstić information content (AvgIpc) is 2.83. The van der Waals surface area contributed by atoms with Gasteiger partial charge in [0.1, 0.15) is 0 Å². The molecule has 0 heterocycles. The number of aliphatic hydroxyl groups is 1. The molecule has 0 bridgehead atoms. The fraction of sp³-hybridized carbons (Fsp3) is 1.00. The van der Waals surface area contributed by atoms with E-state index in [0.29, 0.717) is 0 Å². The first-order valence-electron chi connectivity index (χ1n) is 10.9. The molecule has 0 atom stereocenters. The van der Waals surface area contributed by atoms with Crippen molar-refractivity contribution in [2.24, 2.45) is 0 Å². The van der Waals surface area contributed by atoms with Crippen molar-refractivity contribution < 1.29 is 5.11 Å². The SMILES string of the molecule is ClC(Cl)Cl.ClC(Cl)Cl.ClC(Cl)Cl.ClC(Cl)Cl.ClC(Cl)Cl.ClC(Cl)Cl.ClC(Cl)Cl.ClC(Cl)Cl.ClC(Cl)Cl.ClC(Cl)Cl.ClC(Cl)Cl.ClC(Cl)Cl.ClC(Cl)Cl.ClC(Cl)Cl.OCCC(Cl)(Cl)Cl. The van der Waals surface area contributed by atoms with E-state index in [2.05, 4.69) is 0 Å². The normalized spacial score (nSPS) is 9.33. The number of hydrogen-bond donors (Lipinski definition) is 1. The van der Waals surface area contributed by atoms with Gasteiger partial charge >= 0.3 is 0 Å². The summed E-state index contributed by atoms with van der Waals surface area (Å²) < 4.78 is -11.8. The summed E-state index contributed by atoms with van der Waals surface area (Å²) in [5.41, 5.74) is 0. The highest BCUT2D eigenvalue weighted by Gasteiger charge is 2.17. The maximum absolute atomic E-state index is 8.15. The van der Waals surface area contributed by atoms with E-state index < -0.39 is 63.9 Å². The van der Waals surface area contributed by atoms with E-state index in [1.54, 1.807) is 0 Å². The standard InChI is InChI=1S/C3H5Cl3O.14CHCl3/c4-3(5,6)1-2-7;14*2-1(3)4/h7H,1-2H2;14*1H. The predicted octanol–water partition coefficient (Wildman–Crippen LogP) is 29.5. The van der Waals surface area contributed by atoms with E-state index >= 15 is 0 Å². The fourth-order valence-corrected chi connectivity index (χ4v) is 0.380. The minimum absolute atomic E-state index is 0.0868. The molecule has 0 fully saturated rings. The van der Waals surface area contributed by atoms with Crippen molar-refractivity contribution in [1.82, 2.24) is 0 Å². The van der Waals surface area contributed by atoms with E-state index in [1.165, 1.54) is 0 Å². The van der Waals surface area contributed by atoms with Crippen LogP contribution in [-0.4, -0.2) is 75.6 Å². The highest BCUT2D eigenvalue weighted by molar-refractivity contribution is 6.69. The van der Waals surface area contributed by atoms with Crippen molar-refractivity contribution in [3.63, 3.8) is 0 Å². The minimum Gasteiger partial charge on any atom is -0.396 e. The molecule has 0 aromatic rings. The predicted molar refractivity (Wildman–Crippen MR) is 331 cm³/mol. The number of halogens is 45. The third-order valence-corrected chi connectivity index (χ3v) is 0.962. The summed E-state index contributed by atoms with van der Waals surface area (Å²) in [6.07, 6.45) is 0.192. The van der Waals surface area contributed by atoms with Gasteiger partial charge in [0, 0.05) is 13.0 Å². The zero-order valence-electron chi connectivity index (χ0n) is 27.5.